The fraction of sp³-hybridized carbons (Fsp3) is 0.692. The van der Waals surface area contributed by atoms with Crippen molar-refractivity contribution in [3.05, 3.63) is 35.1 Å². The van der Waals surface area contributed by atoms with E-state index in [0.717, 1.165) is 18.4 Å². The fourth-order valence-corrected chi connectivity index (χ4v) is 5.84. The Morgan fingerprint density at radius 3 is 2.38 bits per heavy atom. The summed E-state index contributed by atoms with van der Waals surface area (Å²) in [6.07, 6.45) is 8.77. The molecule has 3 nitrogen and oxygen atoms in total. The van der Waals surface area contributed by atoms with Crippen LogP contribution in [0.3, 0.4) is 0 Å². The number of carbonyl (C=O) groups excluding carboxylic acids is 2. The molecular weight excluding hydrogens is 360 g/mol. The highest BCUT2D eigenvalue weighted by molar-refractivity contribution is 6.15. The fourth-order valence-electron chi connectivity index (χ4n) is 5.84. The van der Waals surface area contributed by atoms with Crippen molar-refractivity contribution in [1.82, 2.24) is 0 Å². The molecule has 3 atom stereocenters. The predicted molar refractivity (Wildman–Crippen MR) is 117 cm³/mol. The first-order valence-electron chi connectivity index (χ1n) is 11.0. The quantitative estimate of drug-likeness (QED) is 0.418. The summed E-state index contributed by atoms with van der Waals surface area (Å²) in [5.74, 6) is 0.715. The van der Waals surface area contributed by atoms with Gasteiger partial charge in [0.2, 0.25) is 0 Å². The van der Waals surface area contributed by atoms with E-state index in [1.807, 2.05) is 27.7 Å². The van der Waals surface area contributed by atoms with Gasteiger partial charge in [-0.05, 0) is 69.9 Å². The number of hydrogen-bond donors (Lipinski definition) is 0. The van der Waals surface area contributed by atoms with Gasteiger partial charge in [0, 0.05) is 11.3 Å². The van der Waals surface area contributed by atoms with Crippen LogP contribution < -0.4 is 0 Å². The molecular formula is C26H38O3. The Bertz CT molecular complexity index is 832. The van der Waals surface area contributed by atoms with Gasteiger partial charge in [0.25, 0.3) is 0 Å². The van der Waals surface area contributed by atoms with Crippen LogP contribution in [-0.2, 0) is 14.3 Å². The first kappa shape index (κ1) is 22.1. The van der Waals surface area contributed by atoms with Gasteiger partial charge in [-0.1, -0.05) is 52.3 Å². The molecule has 0 spiro atoms. The average molecular weight is 399 g/mol. The van der Waals surface area contributed by atoms with Crippen LogP contribution >= 0.6 is 0 Å². The standard InChI is InChI=1S/C26H38O3/c1-16(2)10-11-19-15-25(9)14-18-12-13-23(5,6)29-21(18)26(22(25)28,24(19,7)8)20(27)17(3)4/h10,12-13,17,19H,11,14-15H2,1-9H3/t19-,25-,26-/m1/s1. The van der Waals surface area contributed by atoms with Crippen LogP contribution in [0.2, 0.25) is 0 Å². The molecule has 0 N–H and O–H groups in total. The Balaban J connectivity index is 2.32. The minimum absolute atomic E-state index is 0.0129. The third-order valence-electron chi connectivity index (χ3n) is 7.54. The molecule has 0 saturated heterocycles. The molecule has 29 heavy (non-hydrogen) atoms. The molecule has 0 aromatic carbocycles. The van der Waals surface area contributed by atoms with Crippen molar-refractivity contribution in [1.29, 1.82) is 0 Å². The molecule has 0 amide bonds. The average Bonchev–Trinajstić information content (AvgIpc) is 2.58. The van der Waals surface area contributed by atoms with Crippen molar-refractivity contribution in [2.75, 3.05) is 0 Å². The van der Waals surface area contributed by atoms with Crippen LogP contribution in [0.1, 0.15) is 81.6 Å². The summed E-state index contributed by atoms with van der Waals surface area (Å²) in [6.45, 7) is 18.3. The molecule has 2 bridgehead atoms. The maximum atomic E-state index is 14.2. The number of rotatable bonds is 4. The lowest BCUT2D eigenvalue weighted by molar-refractivity contribution is -0.177. The largest absolute Gasteiger partial charge is 0.486 e. The normalized spacial score (nSPS) is 34.6. The number of ketones is 2. The van der Waals surface area contributed by atoms with Crippen molar-refractivity contribution in [3.8, 4) is 0 Å². The van der Waals surface area contributed by atoms with E-state index in [4.69, 9.17) is 4.74 Å². The Morgan fingerprint density at radius 1 is 1.21 bits per heavy atom. The second-order valence-electron chi connectivity index (χ2n) is 11.4. The Labute approximate surface area is 176 Å². The Morgan fingerprint density at radius 2 is 1.83 bits per heavy atom. The van der Waals surface area contributed by atoms with E-state index in [-0.39, 0.29) is 23.4 Å². The van der Waals surface area contributed by atoms with Crippen molar-refractivity contribution in [2.24, 2.45) is 28.1 Å². The van der Waals surface area contributed by atoms with Gasteiger partial charge in [0.15, 0.2) is 17.0 Å². The minimum Gasteiger partial charge on any atom is -0.486 e. The highest BCUT2D eigenvalue weighted by Crippen LogP contribution is 2.67. The topological polar surface area (TPSA) is 43.4 Å². The van der Waals surface area contributed by atoms with Crippen molar-refractivity contribution >= 4 is 11.6 Å². The number of ether oxygens (including phenoxy) is 1. The first-order valence-corrected chi connectivity index (χ1v) is 11.0. The predicted octanol–water partition coefficient (Wildman–Crippen LogP) is 6.20. The zero-order valence-electron chi connectivity index (χ0n) is 19.7. The number of hydrogen-bond acceptors (Lipinski definition) is 3. The van der Waals surface area contributed by atoms with Crippen molar-refractivity contribution < 1.29 is 14.3 Å². The van der Waals surface area contributed by atoms with E-state index in [1.165, 1.54) is 5.57 Å². The monoisotopic (exact) mass is 398 g/mol. The molecule has 0 aromatic heterocycles. The van der Waals surface area contributed by atoms with E-state index in [2.05, 4.69) is 52.8 Å². The van der Waals surface area contributed by atoms with E-state index >= 15 is 0 Å². The second-order valence-corrected chi connectivity index (χ2v) is 11.4. The third-order valence-corrected chi connectivity index (χ3v) is 7.54. The lowest BCUT2D eigenvalue weighted by Gasteiger charge is -2.61. The Kier molecular flexibility index (Phi) is 5.08. The molecule has 3 aliphatic rings. The summed E-state index contributed by atoms with van der Waals surface area (Å²) in [6, 6.07) is 0. The van der Waals surface area contributed by atoms with Gasteiger partial charge in [-0.2, -0.15) is 0 Å². The van der Waals surface area contributed by atoms with Gasteiger partial charge < -0.3 is 4.74 Å². The number of allylic oxidation sites excluding steroid dienone is 5. The summed E-state index contributed by atoms with van der Waals surface area (Å²) in [5.41, 5.74) is -0.499. The highest BCUT2D eigenvalue weighted by Gasteiger charge is 2.72. The molecule has 3 rings (SSSR count). The molecule has 1 aliphatic heterocycles. The zero-order valence-corrected chi connectivity index (χ0v) is 19.7. The van der Waals surface area contributed by atoms with Crippen molar-refractivity contribution in [2.45, 2.75) is 87.2 Å². The van der Waals surface area contributed by atoms with Crippen LogP contribution in [0, 0.1) is 28.1 Å². The van der Waals surface area contributed by atoms with Gasteiger partial charge in [-0.15, -0.1) is 0 Å². The van der Waals surface area contributed by atoms with Gasteiger partial charge in [-0.25, -0.2) is 0 Å². The van der Waals surface area contributed by atoms with Crippen LogP contribution in [0.25, 0.3) is 0 Å². The van der Waals surface area contributed by atoms with Crippen LogP contribution in [-0.4, -0.2) is 17.2 Å². The minimum atomic E-state index is -1.22. The van der Waals surface area contributed by atoms with Crippen molar-refractivity contribution in [3.63, 3.8) is 0 Å². The molecule has 3 heteroatoms. The smallest absolute Gasteiger partial charge is 0.160 e. The third kappa shape index (κ3) is 3.07. The van der Waals surface area contributed by atoms with Crippen LogP contribution in [0.15, 0.2) is 35.1 Å². The Hall–Kier alpha value is -1.64. The summed E-state index contributed by atoms with van der Waals surface area (Å²) >= 11 is 0. The highest BCUT2D eigenvalue weighted by atomic mass is 16.5. The molecule has 1 heterocycles. The number of Topliss-reactive ketones (excluding diaryl/α,β-unsaturated/α-hetero) is 2. The van der Waals surface area contributed by atoms with E-state index < -0.39 is 21.8 Å². The van der Waals surface area contributed by atoms with Crippen LogP contribution in [0.4, 0.5) is 0 Å². The lowest BCUT2D eigenvalue weighted by Crippen LogP contribution is -2.67. The molecule has 1 fully saturated rings. The van der Waals surface area contributed by atoms with Crippen LogP contribution in [0.5, 0.6) is 0 Å². The molecule has 0 radical (unpaired) electrons. The first-order chi connectivity index (χ1) is 13.2. The maximum Gasteiger partial charge on any atom is 0.160 e. The van der Waals surface area contributed by atoms with Gasteiger partial charge >= 0.3 is 0 Å². The summed E-state index contributed by atoms with van der Waals surface area (Å²) in [5, 5.41) is 0. The number of fused-ring (bicyclic) bond motifs is 3. The maximum absolute atomic E-state index is 14.2. The summed E-state index contributed by atoms with van der Waals surface area (Å²) in [4.78, 5) is 28.2. The van der Waals surface area contributed by atoms with Gasteiger partial charge in [0.05, 0.1) is 0 Å². The SMILES string of the molecule is CC(C)=CC[C@@H]1C[C@@]2(C)CC3=C(OC(C)(C)C=C3)[C@](C(=O)C(C)C)(C2=O)C1(C)C. The lowest BCUT2D eigenvalue weighted by atomic mass is 9.40. The van der Waals surface area contributed by atoms with Gasteiger partial charge in [0.1, 0.15) is 11.4 Å². The van der Waals surface area contributed by atoms with E-state index in [9.17, 15) is 9.59 Å². The second kappa shape index (κ2) is 6.68. The molecule has 0 aromatic rings. The zero-order chi connectivity index (χ0) is 22.0. The molecule has 2 aliphatic carbocycles. The molecule has 0 unspecified atom stereocenters. The summed E-state index contributed by atoms with van der Waals surface area (Å²) < 4.78 is 6.50. The van der Waals surface area contributed by atoms with E-state index in [0.29, 0.717) is 12.2 Å². The van der Waals surface area contributed by atoms with E-state index in [1.54, 1.807) is 0 Å². The summed E-state index contributed by atoms with van der Waals surface area (Å²) in [7, 11) is 0. The molecule has 1 saturated carbocycles. The molecule has 160 valence electrons. The van der Waals surface area contributed by atoms with Gasteiger partial charge in [-0.3, -0.25) is 9.59 Å². The number of carbonyl (C=O) groups is 2.